The van der Waals surface area contributed by atoms with Crippen LogP contribution in [0.25, 0.3) is 0 Å². The third-order valence-corrected chi connectivity index (χ3v) is 6.21. The zero-order chi connectivity index (χ0) is 24.4. The molecule has 1 aliphatic heterocycles. The largest absolute Gasteiger partial charge is 0.489 e. The number of fused-ring (bicyclic) bond motifs is 1. The van der Waals surface area contributed by atoms with Crippen LogP contribution < -0.4 is 15.4 Å². The molecule has 0 bridgehead atoms. The van der Waals surface area contributed by atoms with Gasteiger partial charge in [0.1, 0.15) is 24.7 Å². The second kappa shape index (κ2) is 9.64. The summed E-state index contributed by atoms with van der Waals surface area (Å²) < 4.78 is 7.94. The van der Waals surface area contributed by atoms with Gasteiger partial charge in [-0.15, -0.1) is 0 Å². The van der Waals surface area contributed by atoms with Gasteiger partial charge < -0.3 is 15.4 Å². The first-order valence-corrected chi connectivity index (χ1v) is 11.6. The zero-order valence-corrected chi connectivity index (χ0v) is 20.1. The Labute approximate surface area is 208 Å². The zero-order valence-electron chi connectivity index (χ0n) is 19.3. The number of carbonyl (C=O) groups excluding carboxylic acids is 1. The molecule has 1 unspecified atom stereocenters. The first-order chi connectivity index (χ1) is 17.0. The summed E-state index contributed by atoms with van der Waals surface area (Å²) in [5.74, 6) is 1.00. The molecule has 2 N–H and O–H groups in total. The van der Waals surface area contributed by atoms with Crippen LogP contribution in [0.3, 0.4) is 0 Å². The highest BCUT2D eigenvalue weighted by molar-refractivity contribution is 6.30. The van der Waals surface area contributed by atoms with E-state index >= 15 is 0 Å². The van der Waals surface area contributed by atoms with Crippen LogP contribution in [-0.4, -0.2) is 20.7 Å². The average Bonchev–Trinajstić information content (AvgIpc) is 3.32. The number of aryl methyl sites for hydroxylation is 1. The van der Waals surface area contributed by atoms with E-state index in [-0.39, 0.29) is 5.91 Å². The molecule has 0 radical (unpaired) electrons. The molecule has 1 atom stereocenters. The van der Waals surface area contributed by atoms with E-state index in [1.807, 2.05) is 86.6 Å². The van der Waals surface area contributed by atoms with Gasteiger partial charge in [-0.1, -0.05) is 60.1 Å². The molecule has 35 heavy (non-hydrogen) atoms. The summed E-state index contributed by atoms with van der Waals surface area (Å²) in [6.07, 6.45) is 1.47. The minimum absolute atomic E-state index is 0.219. The van der Waals surface area contributed by atoms with E-state index in [0.29, 0.717) is 34.6 Å². The number of benzene rings is 3. The predicted molar refractivity (Wildman–Crippen MR) is 137 cm³/mol. The van der Waals surface area contributed by atoms with E-state index in [1.165, 1.54) is 6.33 Å². The van der Waals surface area contributed by atoms with Crippen LogP contribution in [0.15, 0.2) is 90.4 Å². The Morgan fingerprint density at radius 3 is 2.60 bits per heavy atom. The molecule has 0 fully saturated rings. The Balaban J connectivity index is 1.52. The van der Waals surface area contributed by atoms with Crippen molar-refractivity contribution in [1.29, 1.82) is 0 Å². The van der Waals surface area contributed by atoms with Crippen molar-refractivity contribution < 1.29 is 9.53 Å². The van der Waals surface area contributed by atoms with E-state index in [9.17, 15) is 4.79 Å². The van der Waals surface area contributed by atoms with Gasteiger partial charge in [0.25, 0.3) is 5.91 Å². The Kier molecular flexibility index (Phi) is 6.25. The average molecular weight is 486 g/mol. The minimum atomic E-state index is -0.529. The minimum Gasteiger partial charge on any atom is -0.489 e. The van der Waals surface area contributed by atoms with Crippen LogP contribution in [0.1, 0.15) is 29.7 Å². The van der Waals surface area contributed by atoms with E-state index in [0.717, 1.165) is 22.4 Å². The lowest BCUT2D eigenvalue weighted by Gasteiger charge is -2.30. The number of para-hydroxylation sites is 2. The molecule has 8 heteroatoms. The first-order valence-electron chi connectivity index (χ1n) is 11.2. The highest BCUT2D eigenvalue weighted by atomic mass is 35.5. The summed E-state index contributed by atoms with van der Waals surface area (Å²) in [6, 6.07) is 22.4. The summed E-state index contributed by atoms with van der Waals surface area (Å²) in [7, 11) is 0. The molecular weight excluding hydrogens is 462 g/mol. The van der Waals surface area contributed by atoms with E-state index in [2.05, 4.69) is 20.7 Å². The summed E-state index contributed by atoms with van der Waals surface area (Å²) in [6.45, 7) is 4.19. The van der Waals surface area contributed by atoms with Gasteiger partial charge in [-0.25, -0.2) is 4.68 Å². The standard InChI is InChI=1S/C27H24ClN5O2/c1-17-7-3-5-9-22(17)32-26(34)24-18(2)31-27-29-16-30-33(27)25(24)21-8-4-6-10-23(21)35-15-19-11-13-20(28)14-12-19/h3-14,16,25H,15H2,1-2H3,(H,32,34)(H,29,30,31). The van der Waals surface area contributed by atoms with Crippen LogP contribution in [-0.2, 0) is 11.4 Å². The molecule has 5 rings (SSSR count). The highest BCUT2D eigenvalue weighted by Crippen LogP contribution is 2.39. The maximum absolute atomic E-state index is 13.6. The molecule has 1 amide bonds. The highest BCUT2D eigenvalue weighted by Gasteiger charge is 2.35. The number of carbonyl (C=O) groups is 1. The Morgan fingerprint density at radius 1 is 1.06 bits per heavy atom. The fourth-order valence-electron chi connectivity index (χ4n) is 4.15. The fraction of sp³-hybridized carbons (Fsp3) is 0.148. The van der Waals surface area contributed by atoms with Gasteiger partial charge in [-0.05, 0) is 49.2 Å². The third kappa shape index (κ3) is 4.63. The maximum atomic E-state index is 13.6. The maximum Gasteiger partial charge on any atom is 0.255 e. The van der Waals surface area contributed by atoms with Crippen molar-refractivity contribution in [2.75, 3.05) is 10.6 Å². The topological polar surface area (TPSA) is 81.1 Å². The number of rotatable bonds is 6. The first kappa shape index (κ1) is 22.7. The number of halogens is 1. The number of anilines is 2. The number of hydrogen-bond donors (Lipinski definition) is 2. The Hall–Kier alpha value is -4.10. The van der Waals surface area contributed by atoms with Gasteiger partial charge >= 0.3 is 0 Å². The number of ether oxygens (including phenoxy) is 1. The number of amides is 1. The predicted octanol–water partition coefficient (Wildman–Crippen LogP) is 5.75. The van der Waals surface area contributed by atoms with Crippen molar-refractivity contribution >= 4 is 29.1 Å². The van der Waals surface area contributed by atoms with Crippen molar-refractivity contribution in [3.05, 3.63) is 112 Å². The molecule has 3 aromatic carbocycles. The molecule has 0 aliphatic carbocycles. The smallest absolute Gasteiger partial charge is 0.255 e. The van der Waals surface area contributed by atoms with Crippen LogP contribution in [0.5, 0.6) is 5.75 Å². The van der Waals surface area contributed by atoms with Crippen molar-refractivity contribution in [1.82, 2.24) is 14.8 Å². The fourth-order valence-corrected chi connectivity index (χ4v) is 4.28. The molecule has 0 spiro atoms. The van der Waals surface area contributed by atoms with Gasteiger partial charge in [0, 0.05) is 22.0 Å². The molecule has 0 saturated carbocycles. The number of hydrogen-bond acceptors (Lipinski definition) is 5. The molecule has 1 aliphatic rings. The SMILES string of the molecule is CC1=C(C(=O)Nc2ccccc2C)C(c2ccccc2OCc2ccc(Cl)cc2)n2ncnc2N1. The third-order valence-electron chi connectivity index (χ3n) is 5.95. The van der Waals surface area contributed by atoms with Crippen molar-refractivity contribution in [2.24, 2.45) is 0 Å². The number of allylic oxidation sites excluding steroid dienone is 1. The van der Waals surface area contributed by atoms with Gasteiger partial charge in [0.2, 0.25) is 5.95 Å². The van der Waals surface area contributed by atoms with Crippen LogP contribution in [0.4, 0.5) is 11.6 Å². The Morgan fingerprint density at radius 2 is 1.80 bits per heavy atom. The van der Waals surface area contributed by atoms with E-state index in [1.54, 1.807) is 4.68 Å². The lowest BCUT2D eigenvalue weighted by molar-refractivity contribution is -0.113. The molecule has 0 saturated heterocycles. The molecule has 1 aromatic heterocycles. The van der Waals surface area contributed by atoms with Gasteiger partial charge in [0.15, 0.2) is 0 Å². The molecule has 7 nitrogen and oxygen atoms in total. The number of nitrogens with zero attached hydrogens (tertiary/aromatic N) is 3. The molecular formula is C27H24ClN5O2. The quantitative estimate of drug-likeness (QED) is 0.363. The number of nitrogens with one attached hydrogen (secondary N) is 2. The summed E-state index contributed by atoms with van der Waals surface area (Å²) in [5.41, 5.74) is 4.77. The molecule has 4 aromatic rings. The van der Waals surface area contributed by atoms with Crippen LogP contribution in [0.2, 0.25) is 5.02 Å². The lowest BCUT2D eigenvalue weighted by Crippen LogP contribution is -2.32. The van der Waals surface area contributed by atoms with Crippen molar-refractivity contribution in [2.45, 2.75) is 26.5 Å². The van der Waals surface area contributed by atoms with Gasteiger partial charge in [-0.2, -0.15) is 10.1 Å². The summed E-state index contributed by atoms with van der Waals surface area (Å²) in [4.78, 5) is 18.0. The second-order valence-electron chi connectivity index (χ2n) is 8.32. The van der Waals surface area contributed by atoms with Gasteiger partial charge in [0.05, 0.1) is 5.57 Å². The number of aromatic nitrogens is 3. The summed E-state index contributed by atoms with van der Waals surface area (Å²) >= 11 is 6.01. The van der Waals surface area contributed by atoms with Crippen LogP contribution in [0, 0.1) is 6.92 Å². The normalized spacial score (nSPS) is 14.8. The molecule has 176 valence electrons. The second-order valence-corrected chi connectivity index (χ2v) is 8.75. The Bertz CT molecular complexity index is 1410. The van der Waals surface area contributed by atoms with Crippen molar-refractivity contribution in [3.63, 3.8) is 0 Å². The van der Waals surface area contributed by atoms with Gasteiger partial charge in [-0.3, -0.25) is 4.79 Å². The van der Waals surface area contributed by atoms with E-state index in [4.69, 9.17) is 16.3 Å². The van der Waals surface area contributed by atoms with E-state index < -0.39 is 6.04 Å². The summed E-state index contributed by atoms with van der Waals surface area (Å²) in [5, 5.41) is 11.4. The molecule has 2 heterocycles. The lowest BCUT2D eigenvalue weighted by atomic mass is 9.94. The van der Waals surface area contributed by atoms with Crippen LogP contribution >= 0.6 is 11.6 Å². The monoisotopic (exact) mass is 485 g/mol. The van der Waals surface area contributed by atoms with Crippen molar-refractivity contribution in [3.8, 4) is 5.75 Å².